The van der Waals surface area contributed by atoms with E-state index in [1.165, 1.54) is 5.56 Å². The highest BCUT2D eigenvalue weighted by molar-refractivity contribution is 6.33. The molecule has 0 amide bonds. The van der Waals surface area contributed by atoms with Crippen molar-refractivity contribution in [2.45, 2.75) is 13.8 Å². The molecule has 0 aliphatic heterocycles. The second kappa shape index (κ2) is 5.24. The van der Waals surface area contributed by atoms with Gasteiger partial charge in [-0.25, -0.2) is 0 Å². The van der Waals surface area contributed by atoms with Crippen molar-refractivity contribution >= 4 is 17.3 Å². The fourth-order valence-corrected chi connectivity index (χ4v) is 2.06. The van der Waals surface area contributed by atoms with Crippen LogP contribution < -0.4 is 5.32 Å². The Kier molecular flexibility index (Phi) is 3.70. The maximum absolute atomic E-state index is 6.22. The first-order valence-electron chi connectivity index (χ1n) is 5.81. The van der Waals surface area contributed by atoms with Crippen molar-refractivity contribution in [3.63, 3.8) is 0 Å². The second-order valence-corrected chi connectivity index (χ2v) is 4.50. The molecule has 0 aliphatic rings. The highest BCUT2D eigenvalue weighted by atomic mass is 35.5. The standard InChI is InChI=1S/C15H16ClN/c1-3-17-13-7-5-12(6-8-13)14-10-11(2)4-9-15(14)16/h4-10,17H,3H2,1-2H3. The van der Waals surface area contributed by atoms with Crippen LogP contribution in [-0.2, 0) is 0 Å². The molecule has 0 saturated heterocycles. The van der Waals surface area contributed by atoms with E-state index >= 15 is 0 Å². The van der Waals surface area contributed by atoms with E-state index in [4.69, 9.17) is 11.6 Å². The SMILES string of the molecule is CCNc1ccc(-c2cc(C)ccc2Cl)cc1. The van der Waals surface area contributed by atoms with Gasteiger partial charge in [0.15, 0.2) is 0 Å². The van der Waals surface area contributed by atoms with Crippen LogP contribution >= 0.6 is 11.6 Å². The van der Waals surface area contributed by atoms with Crippen LogP contribution in [0.5, 0.6) is 0 Å². The quantitative estimate of drug-likeness (QED) is 0.823. The maximum atomic E-state index is 6.22. The Balaban J connectivity index is 2.36. The largest absolute Gasteiger partial charge is 0.385 e. The summed E-state index contributed by atoms with van der Waals surface area (Å²) in [5, 5.41) is 4.08. The van der Waals surface area contributed by atoms with Gasteiger partial charge in [0.1, 0.15) is 0 Å². The summed E-state index contributed by atoms with van der Waals surface area (Å²) >= 11 is 6.22. The lowest BCUT2D eigenvalue weighted by atomic mass is 10.0. The number of halogens is 1. The summed E-state index contributed by atoms with van der Waals surface area (Å²) in [6.07, 6.45) is 0. The van der Waals surface area contributed by atoms with Gasteiger partial charge in [-0.05, 0) is 43.7 Å². The van der Waals surface area contributed by atoms with Gasteiger partial charge < -0.3 is 5.32 Å². The van der Waals surface area contributed by atoms with Gasteiger partial charge in [0.2, 0.25) is 0 Å². The molecule has 88 valence electrons. The van der Waals surface area contributed by atoms with Crippen LogP contribution in [0.4, 0.5) is 5.69 Å². The summed E-state index contributed by atoms with van der Waals surface area (Å²) in [7, 11) is 0. The summed E-state index contributed by atoms with van der Waals surface area (Å²) < 4.78 is 0. The number of hydrogen-bond acceptors (Lipinski definition) is 1. The zero-order valence-corrected chi connectivity index (χ0v) is 10.9. The van der Waals surface area contributed by atoms with E-state index in [0.29, 0.717) is 0 Å². The molecule has 0 bridgehead atoms. The average Bonchev–Trinajstić information content (AvgIpc) is 2.34. The molecule has 2 rings (SSSR count). The van der Waals surface area contributed by atoms with Crippen LogP contribution in [0.1, 0.15) is 12.5 Å². The van der Waals surface area contributed by atoms with Crippen LogP contribution in [0, 0.1) is 6.92 Å². The summed E-state index contributed by atoms with van der Waals surface area (Å²) in [5.41, 5.74) is 4.61. The van der Waals surface area contributed by atoms with Gasteiger partial charge in [-0.1, -0.05) is 35.4 Å². The summed E-state index contributed by atoms with van der Waals surface area (Å²) in [6, 6.07) is 14.4. The lowest BCUT2D eigenvalue weighted by molar-refractivity contribution is 1.21. The average molecular weight is 246 g/mol. The third kappa shape index (κ3) is 2.80. The molecule has 0 heterocycles. The molecule has 2 aromatic carbocycles. The molecule has 2 heteroatoms. The fourth-order valence-electron chi connectivity index (χ4n) is 1.83. The maximum Gasteiger partial charge on any atom is 0.0484 e. The van der Waals surface area contributed by atoms with Gasteiger partial charge in [-0.3, -0.25) is 0 Å². The molecule has 0 aromatic heterocycles. The van der Waals surface area contributed by atoms with Gasteiger partial charge in [-0.15, -0.1) is 0 Å². The van der Waals surface area contributed by atoms with E-state index in [1.54, 1.807) is 0 Å². The summed E-state index contributed by atoms with van der Waals surface area (Å²) in [4.78, 5) is 0. The van der Waals surface area contributed by atoms with Crippen molar-refractivity contribution in [1.82, 2.24) is 0 Å². The highest BCUT2D eigenvalue weighted by Gasteiger charge is 2.03. The molecule has 1 N–H and O–H groups in total. The Labute approximate surface area is 107 Å². The topological polar surface area (TPSA) is 12.0 Å². The normalized spacial score (nSPS) is 10.3. The zero-order chi connectivity index (χ0) is 12.3. The first-order valence-corrected chi connectivity index (χ1v) is 6.19. The Hall–Kier alpha value is -1.47. The molecule has 0 atom stereocenters. The Morgan fingerprint density at radius 2 is 1.76 bits per heavy atom. The van der Waals surface area contributed by atoms with Crippen LogP contribution in [0.2, 0.25) is 5.02 Å². The predicted molar refractivity (Wildman–Crippen MR) is 75.8 cm³/mol. The van der Waals surface area contributed by atoms with Gasteiger partial charge in [0.25, 0.3) is 0 Å². The smallest absolute Gasteiger partial charge is 0.0484 e. The van der Waals surface area contributed by atoms with Crippen molar-refractivity contribution in [1.29, 1.82) is 0 Å². The van der Waals surface area contributed by atoms with Crippen molar-refractivity contribution in [3.8, 4) is 11.1 Å². The lowest BCUT2D eigenvalue weighted by Crippen LogP contribution is -1.95. The molecule has 0 fully saturated rings. The molecule has 0 unspecified atom stereocenters. The number of aryl methyl sites for hydroxylation is 1. The monoisotopic (exact) mass is 245 g/mol. The molecule has 2 aromatic rings. The molecule has 1 nitrogen and oxygen atoms in total. The number of anilines is 1. The van der Waals surface area contributed by atoms with Gasteiger partial charge in [0.05, 0.1) is 0 Å². The third-order valence-electron chi connectivity index (χ3n) is 2.70. The number of rotatable bonds is 3. The van der Waals surface area contributed by atoms with Crippen molar-refractivity contribution in [2.75, 3.05) is 11.9 Å². The Bertz CT molecular complexity index is 503. The van der Waals surface area contributed by atoms with Crippen molar-refractivity contribution < 1.29 is 0 Å². The van der Waals surface area contributed by atoms with E-state index in [0.717, 1.165) is 28.4 Å². The van der Waals surface area contributed by atoms with E-state index in [-0.39, 0.29) is 0 Å². The van der Waals surface area contributed by atoms with E-state index in [2.05, 4.69) is 49.5 Å². The fraction of sp³-hybridized carbons (Fsp3) is 0.200. The molecule has 0 spiro atoms. The number of hydrogen-bond donors (Lipinski definition) is 1. The van der Waals surface area contributed by atoms with Crippen LogP contribution in [0.3, 0.4) is 0 Å². The Morgan fingerprint density at radius 3 is 2.41 bits per heavy atom. The zero-order valence-electron chi connectivity index (χ0n) is 10.1. The Morgan fingerprint density at radius 1 is 1.06 bits per heavy atom. The lowest BCUT2D eigenvalue weighted by Gasteiger charge is -2.08. The highest BCUT2D eigenvalue weighted by Crippen LogP contribution is 2.29. The third-order valence-corrected chi connectivity index (χ3v) is 3.03. The minimum absolute atomic E-state index is 0.798. The first kappa shape index (κ1) is 12.0. The number of nitrogens with one attached hydrogen (secondary N) is 1. The summed E-state index contributed by atoms with van der Waals surface area (Å²) in [5.74, 6) is 0. The minimum atomic E-state index is 0.798. The van der Waals surface area contributed by atoms with Crippen molar-refractivity contribution in [3.05, 3.63) is 53.1 Å². The number of benzene rings is 2. The molecule has 0 aliphatic carbocycles. The molecular formula is C15H16ClN. The van der Waals surface area contributed by atoms with Gasteiger partial charge in [0, 0.05) is 22.8 Å². The minimum Gasteiger partial charge on any atom is -0.385 e. The second-order valence-electron chi connectivity index (χ2n) is 4.09. The predicted octanol–water partition coefficient (Wildman–Crippen LogP) is 4.75. The van der Waals surface area contributed by atoms with Crippen molar-refractivity contribution in [2.24, 2.45) is 0 Å². The molecule has 0 radical (unpaired) electrons. The van der Waals surface area contributed by atoms with E-state index in [9.17, 15) is 0 Å². The van der Waals surface area contributed by atoms with Gasteiger partial charge in [-0.2, -0.15) is 0 Å². The van der Waals surface area contributed by atoms with Crippen LogP contribution in [0.25, 0.3) is 11.1 Å². The van der Waals surface area contributed by atoms with E-state index < -0.39 is 0 Å². The first-order chi connectivity index (χ1) is 8.20. The molecular weight excluding hydrogens is 230 g/mol. The molecule has 17 heavy (non-hydrogen) atoms. The van der Waals surface area contributed by atoms with E-state index in [1.807, 2.05) is 12.1 Å². The van der Waals surface area contributed by atoms with Gasteiger partial charge >= 0.3 is 0 Å². The van der Waals surface area contributed by atoms with Crippen LogP contribution in [-0.4, -0.2) is 6.54 Å². The van der Waals surface area contributed by atoms with Crippen LogP contribution in [0.15, 0.2) is 42.5 Å². The molecule has 0 saturated carbocycles. The summed E-state index contributed by atoms with van der Waals surface area (Å²) in [6.45, 7) is 5.10.